The van der Waals surface area contributed by atoms with Gasteiger partial charge in [0.1, 0.15) is 12.2 Å². The smallest absolute Gasteiger partial charge is 0.164 e. The minimum atomic E-state index is -0.720. The summed E-state index contributed by atoms with van der Waals surface area (Å²) < 4.78 is 11.6. The lowest BCUT2D eigenvalue weighted by Crippen LogP contribution is -2.31. The molecule has 1 aliphatic rings. The van der Waals surface area contributed by atoms with Gasteiger partial charge in [-0.15, -0.1) is 12.3 Å². The number of aliphatic hydroxyl groups excluding tert-OH is 1. The number of hydrogen-bond acceptors (Lipinski definition) is 3. The lowest BCUT2D eigenvalue weighted by atomic mass is 9.99. The molecule has 96 valence electrons. The maximum absolute atomic E-state index is 10.1. The van der Waals surface area contributed by atoms with Crippen LogP contribution < -0.4 is 0 Å². The summed E-state index contributed by atoms with van der Waals surface area (Å²) in [4.78, 5) is 0. The Morgan fingerprint density at radius 1 is 1.33 bits per heavy atom. The van der Waals surface area contributed by atoms with Crippen molar-refractivity contribution in [1.29, 1.82) is 0 Å². The summed E-state index contributed by atoms with van der Waals surface area (Å²) in [6.45, 7) is 3.68. The van der Waals surface area contributed by atoms with E-state index in [-0.39, 0.29) is 12.5 Å². The molecule has 1 aliphatic heterocycles. The van der Waals surface area contributed by atoms with Crippen LogP contribution in [0.4, 0.5) is 0 Å². The first-order valence-electron chi connectivity index (χ1n) is 6.05. The number of ether oxygens (including phenoxy) is 2. The molecule has 0 unspecified atom stereocenters. The first kappa shape index (κ1) is 13.1. The summed E-state index contributed by atoms with van der Waals surface area (Å²) in [5.74, 6) is 1.75. The van der Waals surface area contributed by atoms with Crippen molar-refractivity contribution in [3.05, 3.63) is 35.9 Å². The molecule has 0 amide bonds. The van der Waals surface area contributed by atoms with E-state index < -0.39 is 18.0 Å². The number of rotatable bonds is 3. The minimum absolute atomic E-state index is 0.257. The van der Waals surface area contributed by atoms with E-state index in [1.165, 1.54) is 0 Å². The van der Waals surface area contributed by atoms with Crippen molar-refractivity contribution in [2.75, 3.05) is 0 Å². The summed E-state index contributed by atoms with van der Waals surface area (Å²) in [6, 6.07) is 9.75. The highest BCUT2D eigenvalue weighted by molar-refractivity contribution is 5.20. The van der Waals surface area contributed by atoms with Gasteiger partial charge in [0.05, 0.1) is 6.10 Å². The second-order valence-corrected chi connectivity index (χ2v) is 4.91. The molecule has 1 heterocycles. The fourth-order valence-corrected chi connectivity index (χ4v) is 2.21. The molecule has 0 aliphatic carbocycles. The Hall–Kier alpha value is -1.34. The highest BCUT2D eigenvalue weighted by Gasteiger charge is 2.45. The predicted octanol–water partition coefficient (Wildman–Crippen LogP) is 2.26. The van der Waals surface area contributed by atoms with Crippen molar-refractivity contribution in [2.45, 2.75) is 44.4 Å². The third kappa shape index (κ3) is 2.73. The number of benzene rings is 1. The molecule has 3 atom stereocenters. The Kier molecular flexibility index (Phi) is 3.72. The molecule has 0 bridgehead atoms. The lowest BCUT2D eigenvalue weighted by molar-refractivity contribution is -0.155. The van der Waals surface area contributed by atoms with Crippen LogP contribution in [-0.2, 0) is 9.47 Å². The van der Waals surface area contributed by atoms with Gasteiger partial charge < -0.3 is 14.6 Å². The van der Waals surface area contributed by atoms with Crippen LogP contribution in [0.5, 0.6) is 0 Å². The summed E-state index contributed by atoms with van der Waals surface area (Å²) in [6.07, 6.45) is 4.06. The summed E-state index contributed by atoms with van der Waals surface area (Å²) >= 11 is 0. The van der Waals surface area contributed by atoms with Gasteiger partial charge in [-0.1, -0.05) is 30.3 Å². The average Bonchev–Trinajstić information content (AvgIpc) is 2.67. The normalized spacial score (nSPS) is 27.7. The Morgan fingerprint density at radius 2 is 2.00 bits per heavy atom. The predicted molar refractivity (Wildman–Crippen MR) is 68.7 cm³/mol. The summed E-state index contributed by atoms with van der Waals surface area (Å²) in [7, 11) is 0. The van der Waals surface area contributed by atoms with Gasteiger partial charge in [-0.2, -0.15) is 0 Å². The minimum Gasteiger partial charge on any atom is -0.389 e. The maximum atomic E-state index is 10.1. The molecule has 18 heavy (non-hydrogen) atoms. The molecule has 0 radical (unpaired) electrons. The number of terminal acetylenes is 1. The van der Waals surface area contributed by atoms with Crippen LogP contribution in [0.3, 0.4) is 0 Å². The standard InChI is InChI=1S/C15H18O3/c1-4-8-12(16)14-13(17-15(2,3)18-14)11-9-6-5-7-10-11/h1,5-7,9-10,12-14,16H,8H2,2-3H3/t12-,13+,14+/m1/s1. The van der Waals surface area contributed by atoms with Crippen molar-refractivity contribution < 1.29 is 14.6 Å². The Labute approximate surface area is 108 Å². The van der Waals surface area contributed by atoms with Crippen LogP contribution in [0.1, 0.15) is 31.9 Å². The van der Waals surface area contributed by atoms with Crippen molar-refractivity contribution in [3.8, 4) is 12.3 Å². The van der Waals surface area contributed by atoms with Crippen molar-refractivity contribution in [2.24, 2.45) is 0 Å². The molecule has 1 saturated heterocycles. The number of aliphatic hydroxyl groups is 1. The lowest BCUT2D eigenvalue weighted by Gasteiger charge is -2.21. The zero-order valence-electron chi connectivity index (χ0n) is 10.7. The molecular weight excluding hydrogens is 228 g/mol. The van der Waals surface area contributed by atoms with Crippen LogP contribution in [0.25, 0.3) is 0 Å². The van der Waals surface area contributed by atoms with Gasteiger partial charge in [-0.3, -0.25) is 0 Å². The monoisotopic (exact) mass is 246 g/mol. The summed E-state index contributed by atoms with van der Waals surface area (Å²) in [5.41, 5.74) is 0.990. The topological polar surface area (TPSA) is 38.7 Å². The van der Waals surface area contributed by atoms with Gasteiger partial charge in [0, 0.05) is 6.42 Å². The van der Waals surface area contributed by atoms with Crippen LogP contribution in [0.15, 0.2) is 30.3 Å². The summed E-state index contributed by atoms with van der Waals surface area (Å²) in [5, 5.41) is 10.1. The molecule has 2 rings (SSSR count). The molecule has 0 spiro atoms. The molecule has 1 fully saturated rings. The molecule has 3 heteroatoms. The van der Waals surface area contributed by atoms with E-state index in [9.17, 15) is 5.11 Å². The molecular formula is C15H18O3. The van der Waals surface area contributed by atoms with Gasteiger partial charge in [0.2, 0.25) is 0 Å². The van der Waals surface area contributed by atoms with E-state index in [1.807, 2.05) is 44.2 Å². The van der Waals surface area contributed by atoms with Crippen LogP contribution >= 0.6 is 0 Å². The molecule has 1 aromatic carbocycles. The third-order valence-corrected chi connectivity index (χ3v) is 2.96. The first-order chi connectivity index (χ1) is 8.53. The van der Waals surface area contributed by atoms with Gasteiger partial charge >= 0.3 is 0 Å². The maximum Gasteiger partial charge on any atom is 0.164 e. The fraction of sp³-hybridized carbons (Fsp3) is 0.467. The van der Waals surface area contributed by atoms with Gasteiger partial charge in [0.15, 0.2) is 5.79 Å². The van der Waals surface area contributed by atoms with Gasteiger partial charge in [-0.25, -0.2) is 0 Å². The van der Waals surface area contributed by atoms with Crippen molar-refractivity contribution >= 4 is 0 Å². The molecule has 0 saturated carbocycles. The largest absolute Gasteiger partial charge is 0.389 e. The van der Waals surface area contributed by atoms with Crippen molar-refractivity contribution in [1.82, 2.24) is 0 Å². The molecule has 1 aromatic rings. The van der Waals surface area contributed by atoms with E-state index in [0.717, 1.165) is 5.56 Å². The van der Waals surface area contributed by atoms with E-state index in [4.69, 9.17) is 15.9 Å². The zero-order chi connectivity index (χ0) is 13.2. The molecule has 3 nitrogen and oxygen atoms in total. The Balaban J connectivity index is 2.24. The van der Waals surface area contributed by atoms with Crippen LogP contribution in [0, 0.1) is 12.3 Å². The van der Waals surface area contributed by atoms with Crippen LogP contribution in [0.2, 0.25) is 0 Å². The highest BCUT2D eigenvalue weighted by Crippen LogP contribution is 2.39. The highest BCUT2D eigenvalue weighted by atomic mass is 16.8. The Morgan fingerprint density at radius 3 is 2.61 bits per heavy atom. The first-order valence-corrected chi connectivity index (χ1v) is 6.05. The number of hydrogen-bond donors (Lipinski definition) is 1. The second kappa shape index (κ2) is 5.11. The zero-order valence-corrected chi connectivity index (χ0v) is 10.7. The van der Waals surface area contributed by atoms with E-state index in [0.29, 0.717) is 0 Å². The van der Waals surface area contributed by atoms with Crippen molar-refractivity contribution in [3.63, 3.8) is 0 Å². The SMILES string of the molecule is C#CC[C@@H](O)[C@@H]1OC(C)(C)O[C@H]1c1ccccc1. The van der Waals surface area contributed by atoms with E-state index in [1.54, 1.807) is 0 Å². The quantitative estimate of drug-likeness (QED) is 0.831. The average molecular weight is 246 g/mol. The van der Waals surface area contributed by atoms with E-state index >= 15 is 0 Å². The molecule has 0 aromatic heterocycles. The fourth-order valence-electron chi connectivity index (χ4n) is 2.21. The van der Waals surface area contributed by atoms with Crippen LogP contribution in [-0.4, -0.2) is 23.1 Å². The second-order valence-electron chi connectivity index (χ2n) is 4.91. The van der Waals surface area contributed by atoms with E-state index in [2.05, 4.69) is 5.92 Å². The van der Waals surface area contributed by atoms with Gasteiger partial charge in [0.25, 0.3) is 0 Å². The third-order valence-electron chi connectivity index (χ3n) is 2.96. The Bertz CT molecular complexity index is 433. The molecule has 1 N–H and O–H groups in total. The van der Waals surface area contributed by atoms with Gasteiger partial charge in [-0.05, 0) is 19.4 Å².